The zero-order valence-electron chi connectivity index (χ0n) is 11.3. The smallest absolute Gasteiger partial charge is 0.224 e. The molecule has 104 valence electrons. The van der Waals surface area contributed by atoms with Crippen molar-refractivity contribution in [2.24, 2.45) is 5.41 Å². The number of benzene rings is 1. The summed E-state index contributed by atoms with van der Waals surface area (Å²) in [5.74, 6) is -1.49. The second-order valence-corrected chi connectivity index (χ2v) is 6.08. The number of amides is 1. The summed E-state index contributed by atoms with van der Waals surface area (Å²) in [6, 6.07) is 3.47. The number of nitrogens with one attached hydrogen (secondary N) is 1. The maximum Gasteiger partial charge on any atom is 0.224 e. The van der Waals surface area contributed by atoms with E-state index >= 15 is 0 Å². The second-order valence-electron chi connectivity index (χ2n) is 6.08. The van der Waals surface area contributed by atoms with Crippen molar-refractivity contribution >= 4 is 5.91 Å². The summed E-state index contributed by atoms with van der Waals surface area (Å²) in [6.45, 7) is 4.36. The predicted molar refractivity (Wildman–Crippen MR) is 69.6 cm³/mol. The van der Waals surface area contributed by atoms with E-state index in [1.54, 1.807) is 0 Å². The number of carbonyl (C=O) groups excluding carboxylic acids is 1. The lowest BCUT2D eigenvalue weighted by Crippen LogP contribution is -2.34. The van der Waals surface area contributed by atoms with Crippen LogP contribution in [0, 0.1) is 17.0 Å². The highest BCUT2D eigenvalue weighted by atomic mass is 19.1. The van der Waals surface area contributed by atoms with Gasteiger partial charge in [-0.05, 0) is 36.3 Å². The quantitative estimate of drug-likeness (QED) is 0.895. The third-order valence-corrected chi connectivity index (χ3v) is 3.70. The van der Waals surface area contributed by atoms with E-state index in [0.717, 1.165) is 25.3 Å². The van der Waals surface area contributed by atoms with Crippen molar-refractivity contribution < 1.29 is 13.6 Å². The van der Waals surface area contributed by atoms with Gasteiger partial charge in [-0.15, -0.1) is 0 Å². The first-order valence-electron chi connectivity index (χ1n) is 6.59. The summed E-state index contributed by atoms with van der Waals surface area (Å²) in [7, 11) is 0. The lowest BCUT2D eigenvalue weighted by molar-refractivity contribution is -0.121. The molecular weight excluding hydrogens is 248 g/mol. The molecule has 0 spiro atoms. The maximum atomic E-state index is 13.4. The van der Waals surface area contributed by atoms with E-state index in [-0.39, 0.29) is 29.3 Å². The molecule has 0 bridgehead atoms. The zero-order chi connectivity index (χ0) is 14.0. The van der Waals surface area contributed by atoms with Crippen LogP contribution in [0.3, 0.4) is 0 Å². The summed E-state index contributed by atoms with van der Waals surface area (Å²) in [6.07, 6.45) is 2.96. The first-order valence-corrected chi connectivity index (χ1v) is 6.59. The minimum absolute atomic E-state index is 0.0386. The zero-order valence-corrected chi connectivity index (χ0v) is 11.3. The highest BCUT2D eigenvalue weighted by molar-refractivity contribution is 5.78. The SMILES string of the molecule is CC1(C)CCC(NC(=O)Cc2ccc(F)cc2F)C1. The molecule has 1 amide bonds. The van der Waals surface area contributed by atoms with Gasteiger partial charge in [-0.3, -0.25) is 4.79 Å². The van der Waals surface area contributed by atoms with Gasteiger partial charge in [-0.25, -0.2) is 8.78 Å². The average molecular weight is 267 g/mol. The first kappa shape index (κ1) is 14.0. The Labute approximate surface area is 112 Å². The topological polar surface area (TPSA) is 29.1 Å². The Morgan fingerprint density at radius 1 is 1.42 bits per heavy atom. The van der Waals surface area contributed by atoms with Gasteiger partial charge in [0.2, 0.25) is 5.91 Å². The largest absolute Gasteiger partial charge is 0.353 e. The summed E-state index contributed by atoms with van der Waals surface area (Å²) in [5, 5.41) is 2.93. The Balaban J connectivity index is 1.91. The van der Waals surface area contributed by atoms with E-state index in [4.69, 9.17) is 0 Å². The Morgan fingerprint density at radius 3 is 2.74 bits per heavy atom. The second kappa shape index (κ2) is 5.27. The molecule has 2 rings (SSSR count). The van der Waals surface area contributed by atoms with Crippen molar-refractivity contribution in [1.82, 2.24) is 5.32 Å². The highest BCUT2D eigenvalue weighted by Crippen LogP contribution is 2.36. The van der Waals surface area contributed by atoms with Crippen LogP contribution in [0.5, 0.6) is 0 Å². The number of hydrogen-bond donors (Lipinski definition) is 1. The van der Waals surface area contributed by atoms with Crippen LogP contribution in [0.4, 0.5) is 8.78 Å². The summed E-state index contributed by atoms with van der Waals surface area (Å²) < 4.78 is 26.2. The third-order valence-electron chi connectivity index (χ3n) is 3.70. The fraction of sp³-hybridized carbons (Fsp3) is 0.533. The fourth-order valence-electron chi connectivity index (χ4n) is 2.68. The van der Waals surface area contributed by atoms with Gasteiger partial charge >= 0.3 is 0 Å². The number of rotatable bonds is 3. The molecule has 1 unspecified atom stereocenters. The van der Waals surface area contributed by atoms with Gasteiger partial charge in [-0.1, -0.05) is 19.9 Å². The molecule has 1 N–H and O–H groups in total. The Bertz CT molecular complexity index is 485. The molecule has 0 aliphatic heterocycles. The lowest BCUT2D eigenvalue weighted by atomic mass is 9.92. The van der Waals surface area contributed by atoms with Crippen LogP contribution in [0.15, 0.2) is 18.2 Å². The van der Waals surface area contributed by atoms with E-state index in [0.29, 0.717) is 0 Å². The number of hydrogen-bond acceptors (Lipinski definition) is 1. The third kappa shape index (κ3) is 3.75. The summed E-state index contributed by atoms with van der Waals surface area (Å²) in [5.41, 5.74) is 0.496. The molecule has 1 aromatic carbocycles. The van der Waals surface area contributed by atoms with E-state index in [1.165, 1.54) is 12.1 Å². The molecular formula is C15H19F2NO. The molecule has 0 radical (unpaired) electrons. The van der Waals surface area contributed by atoms with Gasteiger partial charge in [0, 0.05) is 12.1 Å². The molecule has 1 atom stereocenters. The van der Waals surface area contributed by atoms with Gasteiger partial charge in [0.1, 0.15) is 11.6 Å². The monoisotopic (exact) mass is 267 g/mol. The number of halogens is 2. The molecule has 1 fully saturated rings. The van der Waals surface area contributed by atoms with Crippen molar-refractivity contribution in [3.05, 3.63) is 35.4 Å². The molecule has 1 aliphatic rings. The predicted octanol–water partition coefficient (Wildman–Crippen LogP) is 3.20. The van der Waals surface area contributed by atoms with Crippen LogP contribution in [-0.4, -0.2) is 11.9 Å². The van der Waals surface area contributed by atoms with Crippen LogP contribution < -0.4 is 5.32 Å². The molecule has 19 heavy (non-hydrogen) atoms. The number of carbonyl (C=O) groups is 1. The van der Waals surface area contributed by atoms with Gasteiger partial charge < -0.3 is 5.32 Å². The van der Waals surface area contributed by atoms with Gasteiger partial charge in [0.15, 0.2) is 0 Å². The van der Waals surface area contributed by atoms with Crippen molar-refractivity contribution in [2.75, 3.05) is 0 Å². The molecule has 0 saturated heterocycles. The minimum Gasteiger partial charge on any atom is -0.353 e. The van der Waals surface area contributed by atoms with Crippen molar-refractivity contribution in [2.45, 2.75) is 45.6 Å². The average Bonchev–Trinajstić information content (AvgIpc) is 2.62. The Hall–Kier alpha value is -1.45. The Morgan fingerprint density at radius 2 is 2.16 bits per heavy atom. The van der Waals surface area contributed by atoms with Gasteiger partial charge in [-0.2, -0.15) is 0 Å². The highest BCUT2D eigenvalue weighted by Gasteiger charge is 2.31. The van der Waals surface area contributed by atoms with Crippen molar-refractivity contribution in [1.29, 1.82) is 0 Å². The van der Waals surface area contributed by atoms with Gasteiger partial charge in [0.05, 0.1) is 6.42 Å². The standard InChI is InChI=1S/C15H19F2NO/c1-15(2)6-5-12(9-15)18-14(19)7-10-3-4-11(16)8-13(10)17/h3-4,8,12H,5-7,9H2,1-2H3,(H,18,19). The molecule has 4 heteroatoms. The van der Waals surface area contributed by atoms with Crippen LogP contribution in [0.2, 0.25) is 0 Å². The fourth-order valence-corrected chi connectivity index (χ4v) is 2.68. The Kier molecular flexibility index (Phi) is 3.88. The van der Waals surface area contributed by atoms with E-state index in [1.807, 2.05) is 0 Å². The molecule has 1 aromatic rings. The van der Waals surface area contributed by atoms with Crippen LogP contribution in [0.25, 0.3) is 0 Å². The summed E-state index contributed by atoms with van der Waals surface area (Å²) >= 11 is 0. The van der Waals surface area contributed by atoms with E-state index in [2.05, 4.69) is 19.2 Å². The molecule has 1 aliphatic carbocycles. The van der Waals surface area contributed by atoms with Gasteiger partial charge in [0.25, 0.3) is 0 Å². The van der Waals surface area contributed by atoms with Crippen LogP contribution in [0.1, 0.15) is 38.7 Å². The maximum absolute atomic E-state index is 13.4. The molecule has 0 heterocycles. The lowest BCUT2D eigenvalue weighted by Gasteiger charge is -2.18. The molecule has 2 nitrogen and oxygen atoms in total. The molecule has 0 aromatic heterocycles. The normalized spacial score (nSPS) is 21.4. The van der Waals surface area contributed by atoms with Crippen LogP contribution >= 0.6 is 0 Å². The van der Waals surface area contributed by atoms with Crippen LogP contribution in [-0.2, 0) is 11.2 Å². The minimum atomic E-state index is -0.665. The van der Waals surface area contributed by atoms with Crippen molar-refractivity contribution in [3.63, 3.8) is 0 Å². The molecule has 1 saturated carbocycles. The van der Waals surface area contributed by atoms with E-state index < -0.39 is 11.6 Å². The summed E-state index contributed by atoms with van der Waals surface area (Å²) in [4.78, 5) is 11.8. The van der Waals surface area contributed by atoms with Crippen molar-refractivity contribution in [3.8, 4) is 0 Å². The van der Waals surface area contributed by atoms with E-state index in [9.17, 15) is 13.6 Å². The first-order chi connectivity index (χ1) is 8.85.